The van der Waals surface area contributed by atoms with Crippen molar-refractivity contribution in [1.82, 2.24) is 5.32 Å². The molecule has 3 N–H and O–H groups in total. The molecule has 0 aromatic heterocycles. The predicted octanol–water partition coefficient (Wildman–Crippen LogP) is 1.91. The molecule has 1 fully saturated rings. The zero-order chi connectivity index (χ0) is 9.97. The van der Waals surface area contributed by atoms with E-state index < -0.39 is 0 Å². The summed E-state index contributed by atoms with van der Waals surface area (Å²) in [6.45, 7) is 1.78. The number of nitrogens with two attached hydrogens (primary N) is 1. The van der Waals surface area contributed by atoms with Crippen LogP contribution in [0.5, 0.6) is 0 Å². The summed E-state index contributed by atoms with van der Waals surface area (Å²) in [6, 6.07) is 4.97. The molecule has 3 heteroatoms. The van der Waals surface area contributed by atoms with Crippen molar-refractivity contribution in [3.8, 4) is 0 Å². The zero-order valence-corrected chi connectivity index (χ0v) is 8.09. The maximum Gasteiger partial charge on any atom is 0.146 e. The molecule has 2 rings (SSSR count). The number of benzene rings is 1. The monoisotopic (exact) mass is 194 g/mol. The van der Waals surface area contributed by atoms with Gasteiger partial charge in [-0.3, -0.25) is 0 Å². The lowest BCUT2D eigenvalue weighted by Gasteiger charge is -2.04. The minimum Gasteiger partial charge on any atom is -0.396 e. The fraction of sp³-hybridized carbons (Fsp3) is 0.455. The molecule has 1 aromatic carbocycles. The molecule has 0 bridgehead atoms. The van der Waals surface area contributed by atoms with Crippen LogP contribution in [0, 0.1) is 11.7 Å². The number of rotatable bonds is 4. The molecule has 2 nitrogen and oxygen atoms in total. The number of hydrogen-bond acceptors (Lipinski definition) is 2. The second-order valence-corrected chi connectivity index (χ2v) is 3.93. The second kappa shape index (κ2) is 3.96. The van der Waals surface area contributed by atoms with Gasteiger partial charge in [-0.15, -0.1) is 0 Å². The second-order valence-electron chi connectivity index (χ2n) is 3.93. The Morgan fingerprint density at radius 3 is 2.86 bits per heavy atom. The Morgan fingerprint density at radius 1 is 1.43 bits per heavy atom. The van der Waals surface area contributed by atoms with Crippen molar-refractivity contribution >= 4 is 5.69 Å². The number of anilines is 1. The van der Waals surface area contributed by atoms with Gasteiger partial charge in [0.2, 0.25) is 0 Å². The molecule has 1 aliphatic rings. The van der Waals surface area contributed by atoms with Crippen LogP contribution in [0.15, 0.2) is 18.2 Å². The Balaban J connectivity index is 1.85. The highest BCUT2D eigenvalue weighted by Gasteiger charge is 2.20. The molecule has 0 saturated heterocycles. The molecular weight excluding hydrogens is 179 g/mol. The molecule has 0 unspecified atom stereocenters. The lowest BCUT2D eigenvalue weighted by Crippen LogP contribution is -2.16. The van der Waals surface area contributed by atoms with Gasteiger partial charge in [-0.2, -0.15) is 0 Å². The Kier molecular flexibility index (Phi) is 2.68. The molecule has 0 aliphatic heterocycles. The first-order valence-electron chi connectivity index (χ1n) is 5.00. The normalized spacial score (nSPS) is 15.8. The molecule has 0 spiro atoms. The first-order valence-corrected chi connectivity index (χ1v) is 5.00. The average Bonchev–Trinajstić information content (AvgIpc) is 2.95. The van der Waals surface area contributed by atoms with Crippen LogP contribution in [0.4, 0.5) is 10.1 Å². The molecule has 1 saturated carbocycles. The third-order valence-corrected chi connectivity index (χ3v) is 2.52. The number of halogens is 1. The Morgan fingerprint density at radius 2 is 2.21 bits per heavy atom. The number of nitrogen functional groups attached to an aromatic ring is 1. The van der Waals surface area contributed by atoms with Crippen LogP contribution in [-0.2, 0) is 6.54 Å². The highest BCUT2D eigenvalue weighted by Crippen LogP contribution is 2.27. The highest BCUT2D eigenvalue weighted by molar-refractivity contribution is 5.41. The summed E-state index contributed by atoms with van der Waals surface area (Å²) in [6.07, 6.45) is 2.67. The average molecular weight is 194 g/mol. The maximum atomic E-state index is 13.0. The van der Waals surface area contributed by atoms with E-state index >= 15 is 0 Å². The first kappa shape index (κ1) is 9.46. The lowest BCUT2D eigenvalue weighted by molar-refractivity contribution is 0.616. The van der Waals surface area contributed by atoms with Crippen molar-refractivity contribution in [2.24, 2.45) is 5.92 Å². The smallest absolute Gasteiger partial charge is 0.146 e. The Hall–Kier alpha value is -1.09. The van der Waals surface area contributed by atoms with E-state index in [1.807, 2.05) is 6.07 Å². The van der Waals surface area contributed by atoms with E-state index in [1.54, 1.807) is 6.07 Å². The van der Waals surface area contributed by atoms with Crippen molar-refractivity contribution in [3.63, 3.8) is 0 Å². The SMILES string of the molecule is Nc1ccc(CNCC2CC2)cc1F. The van der Waals surface area contributed by atoms with Gasteiger partial charge in [0.15, 0.2) is 0 Å². The molecule has 0 radical (unpaired) electrons. The maximum absolute atomic E-state index is 13.0. The van der Waals surface area contributed by atoms with Crippen molar-refractivity contribution in [1.29, 1.82) is 0 Å². The molecule has 76 valence electrons. The quantitative estimate of drug-likeness (QED) is 0.718. The molecular formula is C11H15FN2. The molecule has 0 amide bonds. The summed E-state index contributed by atoms with van der Waals surface area (Å²) in [5.41, 5.74) is 6.55. The molecule has 14 heavy (non-hydrogen) atoms. The van der Waals surface area contributed by atoms with E-state index in [4.69, 9.17) is 5.73 Å². The van der Waals surface area contributed by atoms with Gasteiger partial charge in [-0.25, -0.2) is 4.39 Å². The fourth-order valence-electron chi connectivity index (χ4n) is 1.42. The van der Waals surface area contributed by atoms with Gasteiger partial charge in [0, 0.05) is 6.54 Å². The van der Waals surface area contributed by atoms with E-state index in [-0.39, 0.29) is 11.5 Å². The summed E-state index contributed by atoms with van der Waals surface area (Å²) in [5, 5.41) is 3.30. The van der Waals surface area contributed by atoms with Crippen LogP contribution in [0.2, 0.25) is 0 Å². The largest absolute Gasteiger partial charge is 0.396 e. The van der Waals surface area contributed by atoms with Crippen LogP contribution in [0.1, 0.15) is 18.4 Å². The van der Waals surface area contributed by atoms with Crippen molar-refractivity contribution in [3.05, 3.63) is 29.6 Å². The predicted molar refractivity (Wildman–Crippen MR) is 55.2 cm³/mol. The summed E-state index contributed by atoms with van der Waals surface area (Å²) in [5.74, 6) is 0.532. The van der Waals surface area contributed by atoms with E-state index in [0.29, 0.717) is 0 Å². The van der Waals surface area contributed by atoms with Gasteiger partial charge >= 0.3 is 0 Å². The van der Waals surface area contributed by atoms with E-state index in [1.165, 1.54) is 18.9 Å². The molecule has 1 aromatic rings. The van der Waals surface area contributed by atoms with Gasteiger partial charge in [0.25, 0.3) is 0 Å². The Labute approximate surface area is 83.3 Å². The van der Waals surface area contributed by atoms with E-state index in [2.05, 4.69) is 5.32 Å². The zero-order valence-electron chi connectivity index (χ0n) is 8.09. The van der Waals surface area contributed by atoms with Gasteiger partial charge in [0.05, 0.1) is 5.69 Å². The molecule has 0 heterocycles. The minimum absolute atomic E-state index is 0.218. The van der Waals surface area contributed by atoms with Crippen LogP contribution in [0.25, 0.3) is 0 Å². The van der Waals surface area contributed by atoms with Gasteiger partial charge in [0.1, 0.15) is 5.82 Å². The summed E-state index contributed by atoms with van der Waals surface area (Å²) >= 11 is 0. The van der Waals surface area contributed by atoms with E-state index in [9.17, 15) is 4.39 Å². The first-order chi connectivity index (χ1) is 6.75. The topological polar surface area (TPSA) is 38.0 Å². The van der Waals surface area contributed by atoms with E-state index in [0.717, 1.165) is 24.6 Å². The summed E-state index contributed by atoms with van der Waals surface area (Å²) < 4.78 is 13.0. The van der Waals surface area contributed by atoms with Crippen LogP contribution in [0.3, 0.4) is 0 Å². The van der Waals surface area contributed by atoms with Crippen LogP contribution >= 0.6 is 0 Å². The third-order valence-electron chi connectivity index (χ3n) is 2.52. The van der Waals surface area contributed by atoms with Crippen molar-refractivity contribution < 1.29 is 4.39 Å². The Bertz CT molecular complexity index is 321. The minimum atomic E-state index is -0.323. The van der Waals surface area contributed by atoms with Crippen LogP contribution < -0.4 is 11.1 Å². The van der Waals surface area contributed by atoms with Gasteiger partial charge in [-0.05, 0) is 43.0 Å². The van der Waals surface area contributed by atoms with Gasteiger partial charge in [-0.1, -0.05) is 6.07 Å². The van der Waals surface area contributed by atoms with Gasteiger partial charge < -0.3 is 11.1 Å². The lowest BCUT2D eigenvalue weighted by atomic mass is 10.2. The highest BCUT2D eigenvalue weighted by atomic mass is 19.1. The molecule has 1 aliphatic carbocycles. The fourth-order valence-corrected chi connectivity index (χ4v) is 1.42. The van der Waals surface area contributed by atoms with Crippen molar-refractivity contribution in [2.75, 3.05) is 12.3 Å². The number of hydrogen-bond donors (Lipinski definition) is 2. The van der Waals surface area contributed by atoms with Crippen LogP contribution in [-0.4, -0.2) is 6.54 Å². The standard InChI is InChI=1S/C11H15FN2/c12-10-5-9(3-4-11(10)13)7-14-6-8-1-2-8/h3-5,8,14H,1-2,6-7,13H2. The molecule has 0 atom stereocenters. The number of nitrogens with one attached hydrogen (secondary N) is 1. The third kappa shape index (κ3) is 2.45. The summed E-state index contributed by atoms with van der Waals surface area (Å²) in [7, 11) is 0. The summed E-state index contributed by atoms with van der Waals surface area (Å²) in [4.78, 5) is 0. The van der Waals surface area contributed by atoms with Crippen molar-refractivity contribution in [2.45, 2.75) is 19.4 Å².